The molecule has 0 saturated carbocycles. The highest BCUT2D eigenvalue weighted by Crippen LogP contribution is 2.32. The van der Waals surface area contributed by atoms with Crippen LogP contribution in [0.15, 0.2) is 53.7 Å². The maximum atomic E-state index is 12.9. The summed E-state index contributed by atoms with van der Waals surface area (Å²) in [6.07, 6.45) is 2.28. The Balaban J connectivity index is 1.68. The van der Waals surface area contributed by atoms with E-state index < -0.39 is 0 Å². The molecule has 1 amide bonds. The Kier molecular flexibility index (Phi) is 7.21. The zero-order valence-corrected chi connectivity index (χ0v) is 20.4. The maximum absolute atomic E-state index is 12.9. The molecule has 5 nitrogen and oxygen atoms in total. The first-order valence-electron chi connectivity index (χ1n) is 11.1. The first-order chi connectivity index (χ1) is 15.4. The topological polar surface area (TPSA) is 51.0 Å². The standard InChI is InChI=1S/C25H29ClN4OS/c1-17(2)21-8-4-5-9-22(21)30-24(19-10-12-20(26)13-11-19)27-28-25(30)32-16-23(31)29-14-6-7-18(3)15-29/h4-5,8-13,17-18H,6-7,14-16H2,1-3H3. The summed E-state index contributed by atoms with van der Waals surface area (Å²) >= 11 is 7.56. The van der Waals surface area contributed by atoms with Gasteiger partial charge in [-0.3, -0.25) is 9.36 Å². The molecule has 0 radical (unpaired) electrons. The number of thioether (sulfide) groups is 1. The number of halogens is 1. The maximum Gasteiger partial charge on any atom is 0.233 e. The van der Waals surface area contributed by atoms with E-state index in [1.807, 2.05) is 35.2 Å². The number of carbonyl (C=O) groups is 1. The summed E-state index contributed by atoms with van der Waals surface area (Å²) in [4.78, 5) is 14.9. The van der Waals surface area contributed by atoms with Crippen molar-refractivity contribution in [1.29, 1.82) is 0 Å². The highest BCUT2D eigenvalue weighted by molar-refractivity contribution is 7.99. The molecule has 2 aromatic carbocycles. The van der Waals surface area contributed by atoms with Crippen molar-refractivity contribution >= 4 is 29.3 Å². The van der Waals surface area contributed by atoms with Crippen LogP contribution in [-0.2, 0) is 4.79 Å². The molecule has 1 aliphatic rings. The van der Waals surface area contributed by atoms with Crippen LogP contribution in [0.5, 0.6) is 0 Å². The molecule has 1 unspecified atom stereocenters. The Morgan fingerprint density at radius 3 is 2.62 bits per heavy atom. The number of para-hydroxylation sites is 1. The van der Waals surface area contributed by atoms with E-state index in [4.69, 9.17) is 11.6 Å². The molecule has 32 heavy (non-hydrogen) atoms. The lowest BCUT2D eigenvalue weighted by Gasteiger charge is -2.30. The van der Waals surface area contributed by atoms with Gasteiger partial charge < -0.3 is 4.90 Å². The summed E-state index contributed by atoms with van der Waals surface area (Å²) in [5.74, 6) is 2.17. The number of nitrogens with zero attached hydrogens (tertiary/aromatic N) is 4. The number of piperidine rings is 1. The zero-order valence-electron chi connectivity index (χ0n) is 18.8. The molecule has 2 heterocycles. The third kappa shape index (κ3) is 5.02. The molecule has 7 heteroatoms. The van der Waals surface area contributed by atoms with Crippen LogP contribution in [0.2, 0.25) is 5.02 Å². The second-order valence-corrected chi connectivity index (χ2v) is 10.1. The Bertz CT molecular complexity index is 1080. The van der Waals surface area contributed by atoms with Crippen molar-refractivity contribution < 1.29 is 4.79 Å². The molecular formula is C25H29ClN4OS. The summed E-state index contributed by atoms with van der Waals surface area (Å²) in [6, 6.07) is 15.9. The molecule has 1 atom stereocenters. The van der Waals surface area contributed by atoms with Crippen LogP contribution < -0.4 is 0 Å². The lowest BCUT2D eigenvalue weighted by atomic mass is 10.0. The Morgan fingerprint density at radius 2 is 1.91 bits per heavy atom. The molecule has 1 aliphatic heterocycles. The molecular weight excluding hydrogens is 440 g/mol. The van der Waals surface area contributed by atoms with E-state index in [0.717, 1.165) is 41.7 Å². The van der Waals surface area contributed by atoms with Gasteiger partial charge in [-0.15, -0.1) is 10.2 Å². The van der Waals surface area contributed by atoms with E-state index >= 15 is 0 Å². The molecule has 4 rings (SSSR count). The van der Waals surface area contributed by atoms with Gasteiger partial charge in [0.2, 0.25) is 5.91 Å². The predicted molar refractivity (Wildman–Crippen MR) is 132 cm³/mol. The van der Waals surface area contributed by atoms with Gasteiger partial charge in [-0.2, -0.15) is 0 Å². The molecule has 0 aliphatic carbocycles. The van der Waals surface area contributed by atoms with Crippen molar-refractivity contribution in [3.05, 3.63) is 59.1 Å². The number of amides is 1. The van der Waals surface area contributed by atoms with Crippen LogP contribution in [0.25, 0.3) is 17.1 Å². The lowest BCUT2D eigenvalue weighted by molar-refractivity contribution is -0.130. The number of carbonyl (C=O) groups excluding carboxylic acids is 1. The third-order valence-corrected chi connectivity index (χ3v) is 7.04. The molecule has 3 aromatic rings. The van der Waals surface area contributed by atoms with Crippen LogP contribution in [0.4, 0.5) is 0 Å². The zero-order chi connectivity index (χ0) is 22.7. The predicted octanol–water partition coefficient (Wildman–Crippen LogP) is 6.06. The summed E-state index contributed by atoms with van der Waals surface area (Å²) in [7, 11) is 0. The van der Waals surface area contributed by atoms with Crippen LogP contribution in [0.3, 0.4) is 0 Å². The number of rotatable bonds is 6. The summed E-state index contributed by atoms with van der Waals surface area (Å²) in [5, 5.41) is 10.4. The Labute approximate surface area is 199 Å². The quantitative estimate of drug-likeness (QED) is 0.412. The molecule has 1 aromatic heterocycles. The van der Waals surface area contributed by atoms with E-state index in [1.165, 1.54) is 23.7 Å². The molecule has 168 valence electrons. The smallest absolute Gasteiger partial charge is 0.233 e. The van der Waals surface area contributed by atoms with Crippen LogP contribution in [0, 0.1) is 5.92 Å². The number of aromatic nitrogens is 3. The minimum atomic E-state index is 0.168. The minimum absolute atomic E-state index is 0.168. The van der Waals surface area contributed by atoms with Gasteiger partial charge in [-0.25, -0.2) is 0 Å². The van der Waals surface area contributed by atoms with Gasteiger partial charge >= 0.3 is 0 Å². The summed E-state index contributed by atoms with van der Waals surface area (Å²) in [6.45, 7) is 8.27. The molecule has 0 bridgehead atoms. The van der Waals surface area contributed by atoms with E-state index in [1.54, 1.807) is 0 Å². The highest BCUT2D eigenvalue weighted by atomic mass is 35.5. The largest absolute Gasteiger partial charge is 0.342 e. The fourth-order valence-electron chi connectivity index (χ4n) is 4.18. The van der Waals surface area contributed by atoms with Gasteiger partial charge in [0.15, 0.2) is 11.0 Å². The van der Waals surface area contributed by atoms with Crippen molar-refractivity contribution in [2.75, 3.05) is 18.8 Å². The SMILES string of the molecule is CC1CCCN(C(=O)CSc2nnc(-c3ccc(Cl)cc3)n2-c2ccccc2C(C)C)C1. The lowest BCUT2D eigenvalue weighted by Crippen LogP contribution is -2.40. The van der Waals surface area contributed by atoms with E-state index in [-0.39, 0.29) is 5.91 Å². The number of hydrogen-bond acceptors (Lipinski definition) is 4. The number of likely N-dealkylation sites (tertiary alicyclic amines) is 1. The third-order valence-electron chi connectivity index (χ3n) is 5.87. The first kappa shape index (κ1) is 22.9. The minimum Gasteiger partial charge on any atom is -0.342 e. The van der Waals surface area contributed by atoms with Crippen molar-refractivity contribution in [3.63, 3.8) is 0 Å². The van der Waals surface area contributed by atoms with Gasteiger partial charge in [0, 0.05) is 23.7 Å². The van der Waals surface area contributed by atoms with Gasteiger partial charge in [-0.05, 0) is 60.6 Å². The summed E-state index contributed by atoms with van der Waals surface area (Å²) < 4.78 is 2.08. The van der Waals surface area contributed by atoms with Gasteiger partial charge in [0.1, 0.15) is 0 Å². The van der Waals surface area contributed by atoms with Crippen LogP contribution in [-0.4, -0.2) is 44.4 Å². The Morgan fingerprint density at radius 1 is 1.16 bits per heavy atom. The molecule has 1 saturated heterocycles. The summed E-state index contributed by atoms with van der Waals surface area (Å²) in [5.41, 5.74) is 3.18. The Hall–Kier alpha value is -2.31. The van der Waals surface area contributed by atoms with Crippen LogP contribution in [0.1, 0.15) is 45.1 Å². The second-order valence-electron chi connectivity index (χ2n) is 8.74. The van der Waals surface area contributed by atoms with E-state index in [0.29, 0.717) is 22.6 Å². The molecule has 1 fully saturated rings. The first-order valence-corrected chi connectivity index (χ1v) is 12.5. The van der Waals surface area contributed by atoms with Crippen molar-refractivity contribution in [1.82, 2.24) is 19.7 Å². The van der Waals surface area contributed by atoms with Gasteiger partial charge in [0.05, 0.1) is 11.4 Å². The fraction of sp³-hybridized carbons (Fsp3) is 0.400. The van der Waals surface area contributed by atoms with E-state index in [2.05, 4.69) is 53.7 Å². The average Bonchev–Trinajstić information content (AvgIpc) is 3.21. The second kappa shape index (κ2) is 10.1. The number of hydrogen-bond donors (Lipinski definition) is 0. The van der Waals surface area contributed by atoms with Crippen molar-refractivity contribution in [3.8, 4) is 17.1 Å². The molecule has 0 spiro atoms. The normalized spacial score (nSPS) is 16.5. The van der Waals surface area contributed by atoms with Crippen LogP contribution >= 0.6 is 23.4 Å². The van der Waals surface area contributed by atoms with E-state index in [9.17, 15) is 4.79 Å². The van der Waals surface area contributed by atoms with Gasteiger partial charge in [0.25, 0.3) is 0 Å². The van der Waals surface area contributed by atoms with Crippen molar-refractivity contribution in [2.45, 2.75) is 44.7 Å². The van der Waals surface area contributed by atoms with Gasteiger partial charge in [-0.1, -0.05) is 62.3 Å². The fourth-order valence-corrected chi connectivity index (χ4v) is 5.15. The average molecular weight is 469 g/mol. The van der Waals surface area contributed by atoms with Crippen molar-refractivity contribution in [2.24, 2.45) is 5.92 Å². The monoisotopic (exact) mass is 468 g/mol. The highest BCUT2D eigenvalue weighted by Gasteiger charge is 2.24. The molecule has 0 N–H and O–H groups in total. The number of benzene rings is 2.